The van der Waals surface area contributed by atoms with Gasteiger partial charge in [0.25, 0.3) is 0 Å². The van der Waals surface area contributed by atoms with Crippen LogP contribution in [0.25, 0.3) is 0 Å². The third-order valence-electron chi connectivity index (χ3n) is 4.05. The fourth-order valence-electron chi connectivity index (χ4n) is 3.07. The first-order chi connectivity index (χ1) is 8.11. The van der Waals surface area contributed by atoms with E-state index >= 15 is 0 Å². The second-order valence-corrected chi connectivity index (χ2v) is 4.93. The lowest BCUT2D eigenvalue weighted by Gasteiger charge is -2.37. The van der Waals surface area contributed by atoms with Crippen LogP contribution in [-0.2, 0) is 5.60 Å². The molecule has 5 nitrogen and oxygen atoms in total. The van der Waals surface area contributed by atoms with Crippen LogP contribution in [0.3, 0.4) is 0 Å². The highest BCUT2D eigenvalue weighted by Gasteiger charge is 2.49. The van der Waals surface area contributed by atoms with Crippen LogP contribution >= 0.6 is 0 Å². The number of carboxylic acids is 1. The number of carboxylic acid groups (broad SMARTS) is 1. The summed E-state index contributed by atoms with van der Waals surface area (Å²) in [5.74, 6) is -0.723. The zero-order valence-electron chi connectivity index (χ0n) is 9.43. The first-order valence-electron chi connectivity index (χ1n) is 5.87. The largest absolute Gasteiger partial charge is 0.478 e. The van der Waals surface area contributed by atoms with E-state index in [9.17, 15) is 9.90 Å². The van der Waals surface area contributed by atoms with Gasteiger partial charge in [0.15, 0.2) is 0 Å². The van der Waals surface area contributed by atoms with Crippen molar-refractivity contribution in [3.05, 3.63) is 23.7 Å². The number of aliphatic hydroxyl groups is 1. The molecule has 0 amide bonds. The SMILES string of the molecule is O=C(O)c1ccoc1C1(O)CCN2CCC1C2. The molecule has 5 heteroatoms. The topological polar surface area (TPSA) is 73.9 Å². The number of nitrogens with zero attached hydrogens (tertiary/aromatic N) is 1. The van der Waals surface area contributed by atoms with Crippen molar-refractivity contribution in [3.8, 4) is 0 Å². The van der Waals surface area contributed by atoms with Crippen molar-refractivity contribution in [2.24, 2.45) is 5.92 Å². The molecule has 3 rings (SSSR count). The third-order valence-corrected chi connectivity index (χ3v) is 4.05. The second-order valence-electron chi connectivity index (χ2n) is 4.93. The van der Waals surface area contributed by atoms with Crippen LogP contribution in [0.4, 0.5) is 0 Å². The maximum atomic E-state index is 11.1. The van der Waals surface area contributed by atoms with E-state index in [0.717, 1.165) is 26.1 Å². The highest BCUT2D eigenvalue weighted by Crippen LogP contribution is 2.44. The van der Waals surface area contributed by atoms with E-state index in [1.54, 1.807) is 0 Å². The molecular formula is C12H15NO4. The molecule has 0 aromatic carbocycles. The molecule has 3 heterocycles. The van der Waals surface area contributed by atoms with E-state index < -0.39 is 11.6 Å². The molecule has 1 aromatic heterocycles. The molecule has 3 unspecified atom stereocenters. The van der Waals surface area contributed by atoms with Gasteiger partial charge < -0.3 is 19.5 Å². The van der Waals surface area contributed by atoms with E-state index in [1.807, 2.05) is 0 Å². The van der Waals surface area contributed by atoms with Gasteiger partial charge in [-0.15, -0.1) is 0 Å². The molecule has 17 heavy (non-hydrogen) atoms. The Kier molecular flexibility index (Phi) is 2.27. The Morgan fingerprint density at radius 1 is 1.53 bits per heavy atom. The minimum absolute atomic E-state index is 0.0838. The number of furan rings is 1. The highest BCUT2D eigenvalue weighted by molar-refractivity contribution is 5.89. The maximum Gasteiger partial charge on any atom is 0.339 e. The van der Waals surface area contributed by atoms with Crippen molar-refractivity contribution in [2.75, 3.05) is 19.6 Å². The third kappa shape index (κ3) is 1.50. The predicted octanol–water partition coefficient (Wildman–Crippen LogP) is 0.891. The van der Waals surface area contributed by atoms with E-state index in [4.69, 9.17) is 9.52 Å². The number of piperidine rings is 1. The van der Waals surface area contributed by atoms with Crippen molar-refractivity contribution in [1.82, 2.24) is 4.90 Å². The van der Waals surface area contributed by atoms with Gasteiger partial charge in [0.2, 0.25) is 0 Å². The highest BCUT2D eigenvalue weighted by atomic mass is 16.4. The molecule has 0 saturated carbocycles. The lowest BCUT2D eigenvalue weighted by molar-refractivity contribution is -0.0670. The van der Waals surface area contributed by atoms with Crippen LogP contribution in [0, 0.1) is 5.92 Å². The average molecular weight is 237 g/mol. The first-order valence-corrected chi connectivity index (χ1v) is 5.87. The summed E-state index contributed by atoms with van der Waals surface area (Å²) in [5.41, 5.74) is -1.02. The van der Waals surface area contributed by atoms with E-state index in [-0.39, 0.29) is 17.2 Å². The lowest BCUT2D eigenvalue weighted by Crippen LogP contribution is -2.44. The monoisotopic (exact) mass is 237 g/mol. The van der Waals surface area contributed by atoms with Crippen molar-refractivity contribution < 1.29 is 19.4 Å². The van der Waals surface area contributed by atoms with Crippen LogP contribution < -0.4 is 0 Å². The summed E-state index contributed by atoms with van der Waals surface area (Å²) in [6.45, 7) is 2.61. The lowest BCUT2D eigenvalue weighted by atomic mass is 9.79. The Morgan fingerprint density at radius 3 is 3.12 bits per heavy atom. The molecule has 2 aliphatic heterocycles. The number of hydrogen-bond donors (Lipinski definition) is 2. The quantitative estimate of drug-likeness (QED) is 0.799. The number of fused-ring (bicyclic) bond motifs is 2. The molecule has 92 valence electrons. The van der Waals surface area contributed by atoms with Crippen LogP contribution in [0.2, 0.25) is 0 Å². The van der Waals surface area contributed by atoms with Gasteiger partial charge in [-0.2, -0.15) is 0 Å². The minimum atomic E-state index is -1.11. The fourth-order valence-corrected chi connectivity index (χ4v) is 3.07. The number of carbonyl (C=O) groups is 1. The number of aromatic carboxylic acids is 1. The van der Waals surface area contributed by atoms with Gasteiger partial charge >= 0.3 is 5.97 Å². The average Bonchev–Trinajstić information content (AvgIpc) is 2.93. The van der Waals surface area contributed by atoms with E-state index in [0.29, 0.717) is 6.42 Å². The zero-order valence-corrected chi connectivity index (χ0v) is 9.43. The van der Waals surface area contributed by atoms with Gasteiger partial charge in [-0.1, -0.05) is 0 Å². The summed E-state index contributed by atoms with van der Waals surface area (Å²) >= 11 is 0. The molecule has 0 radical (unpaired) electrons. The van der Waals surface area contributed by atoms with Crippen LogP contribution in [0.15, 0.2) is 16.7 Å². The van der Waals surface area contributed by atoms with Gasteiger partial charge in [-0.3, -0.25) is 0 Å². The van der Waals surface area contributed by atoms with Crippen molar-refractivity contribution in [2.45, 2.75) is 18.4 Å². The number of rotatable bonds is 2. The normalized spacial score (nSPS) is 36.1. The summed E-state index contributed by atoms with van der Waals surface area (Å²) in [6, 6.07) is 1.41. The summed E-state index contributed by atoms with van der Waals surface area (Å²) < 4.78 is 5.27. The predicted molar refractivity (Wildman–Crippen MR) is 58.7 cm³/mol. The fraction of sp³-hybridized carbons (Fsp3) is 0.583. The Morgan fingerprint density at radius 2 is 2.35 bits per heavy atom. The second kappa shape index (κ2) is 3.58. The zero-order chi connectivity index (χ0) is 12.0. The van der Waals surface area contributed by atoms with Crippen molar-refractivity contribution >= 4 is 5.97 Å². The van der Waals surface area contributed by atoms with Crippen molar-refractivity contribution in [1.29, 1.82) is 0 Å². The molecule has 1 aromatic rings. The number of hydrogen-bond acceptors (Lipinski definition) is 4. The van der Waals surface area contributed by atoms with Gasteiger partial charge in [-0.25, -0.2) is 4.79 Å². The first kappa shape index (κ1) is 10.8. The van der Waals surface area contributed by atoms with Crippen LogP contribution in [0.5, 0.6) is 0 Å². The van der Waals surface area contributed by atoms with E-state index in [1.165, 1.54) is 12.3 Å². The summed E-state index contributed by atoms with van der Waals surface area (Å²) in [6.07, 6.45) is 2.79. The minimum Gasteiger partial charge on any atom is -0.478 e. The van der Waals surface area contributed by atoms with Gasteiger partial charge in [0.1, 0.15) is 16.9 Å². The Bertz CT molecular complexity index is 455. The Hall–Kier alpha value is -1.33. The molecule has 0 spiro atoms. The summed E-state index contributed by atoms with van der Waals surface area (Å²) in [4.78, 5) is 13.4. The molecule has 2 N–H and O–H groups in total. The van der Waals surface area contributed by atoms with Crippen LogP contribution in [-0.4, -0.2) is 40.7 Å². The van der Waals surface area contributed by atoms with Crippen molar-refractivity contribution in [3.63, 3.8) is 0 Å². The van der Waals surface area contributed by atoms with Gasteiger partial charge in [0.05, 0.1) is 6.26 Å². The molecule has 3 atom stereocenters. The van der Waals surface area contributed by atoms with E-state index in [2.05, 4.69) is 4.90 Å². The van der Waals surface area contributed by atoms with Gasteiger partial charge in [-0.05, 0) is 25.5 Å². The summed E-state index contributed by atoms with van der Waals surface area (Å²) in [5, 5.41) is 19.9. The Balaban J connectivity index is 2.01. The molecule has 2 saturated heterocycles. The maximum absolute atomic E-state index is 11.1. The molecule has 2 aliphatic rings. The molecular weight excluding hydrogens is 222 g/mol. The molecule has 2 fully saturated rings. The Labute approximate surface area is 98.6 Å². The standard InChI is InChI=1S/C12H15NO4/c14-11(15)9-2-6-17-10(9)12(16)3-5-13-4-1-8(12)7-13/h2,6,8,16H,1,3-5,7H2,(H,14,15). The van der Waals surface area contributed by atoms with Crippen LogP contribution in [0.1, 0.15) is 29.0 Å². The molecule has 0 aliphatic carbocycles. The smallest absolute Gasteiger partial charge is 0.339 e. The van der Waals surface area contributed by atoms with Gasteiger partial charge in [0, 0.05) is 19.0 Å². The summed E-state index contributed by atoms with van der Waals surface area (Å²) in [7, 11) is 0. The molecule has 2 bridgehead atoms.